The van der Waals surface area contributed by atoms with Crippen LogP contribution in [0.1, 0.15) is 43.7 Å². The van der Waals surface area contributed by atoms with Gasteiger partial charge in [0.2, 0.25) is 11.8 Å². The van der Waals surface area contributed by atoms with E-state index in [9.17, 15) is 9.59 Å². The summed E-state index contributed by atoms with van der Waals surface area (Å²) < 4.78 is 0. The van der Waals surface area contributed by atoms with Crippen molar-refractivity contribution in [2.24, 2.45) is 0 Å². The van der Waals surface area contributed by atoms with Gasteiger partial charge in [-0.3, -0.25) is 9.59 Å². The van der Waals surface area contributed by atoms with Gasteiger partial charge in [-0.1, -0.05) is 66.9 Å². The SMILES string of the molecule is CC(C(=O)NC1CCCC1)N(Cc1ccccc1)C(=O)Cc1cccc(Cl)c1. The number of rotatable bonds is 7. The van der Waals surface area contributed by atoms with E-state index in [0.717, 1.165) is 36.8 Å². The van der Waals surface area contributed by atoms with Crippen LogP contribution >= 0.6 is 11.6 Å². The molecule has 0 bridgehead atoms. The second kappa shape index (κ2) is 9.74. The van der Waals surface area contributed by atoms with E-state index < -0.39 is 6.04 Å². The topological polar surface area (TPSA) is 49.4 Å². The van der Waals surface area contributed by atoms with Gasteiger partial charge in [0.15, 0.2) is 0 Å². The monoisotopic (exact) mass is 398 g/mol. The maximum atomic E-state index is 13.1. The number of amides is 2. The molecule has 3 rings (SSSR count). The Morgan fingerprint density at radius 2 is 1.75 bits per heavy atom. The first-order valence-electron chi connectivity index (χ1n) is 9.91. The molecule has 5 heteroatoms. The molecule has 1 aliphatic rings. The fraction of sp³-hybridized carbons (Fsp3) is 0.391. The third-order valence-electron chi connectivity index (χ3n) is 5.31. The molecule has 4 nitrogen and oxygen atoms in total. The van der Waals surface area contributed by atoms with Gasteiger partial charge in [-0.15, -0.1) is 0 Å². The van der Waals surface area contributed by atoms with Crippen LogP contribution in [0.15, 0.2) is 54.6 Å². The predicted molar refractivity (Wildman–Crippen MR) is 112 cm³/mol. The zero-order chi connectivity index (χ0) is 19.9. The highest BCUT2D eigenvalue weighted by Crippen LogP contribution is 2.19. The van der Waals surface area contributed by atoms with Crippen LogP contribution in [0.3, 0.4) is 0 Å². The standard InChI is InChI=1S/C23H27ClN2O2/c1-17(23(28)25-21-12-5-6-13-21)26(16-18-8-3-2-4-9-18)22(27)15-19-10-7-11-20(24)14-19/h2-4,7-11,14,17,21H,5-6,12-13,15-16H2,1H3,(H,25,28). The van der Waals surface area contributed by atoms with E-state index in [4.69, 9.17) is 11.6 Å². The lowest BCUT2D eigenvalue weighted by atomic mass is 10.1. The molecule has 0 spiro atoms. The van der Waals surface area contributed by atoms with E-state index in [2.05, 4.69) is 5.32 Å². The lowest BCUT2D eigenvalue weighted by molar-refractivity contribution is -0.140. The Bertz CT molecular complexity index is 803. The number of hydrogen-bond acceptors (Lipinski definition) is 2. The number of benzene rings is 2. The maximum Gasteiger partial charge on any atom is 0.242 e. The minimum Gasteiger partial charge on any atom is -0.352 e. The molecular weight excluding hydrogens is 372 g/mol. The fourth-order valence-electron chi connectivity index (χ4n) is 3.68. The zero-order valence-corrected chi connectivity index (χ0v) is 17.0. The largest absolute Gasteiger partial charge is 0.352 e. The van der Waals surface area contributed by atoms with Crippen molar-refractivity contribution in [2.75, 3.05) is 0 Å². The average molecular weight is 399 g/mol. The smallest absolute Gasteiger partial charge is 0.242 e. The van der Waals surface area contributed by atoms with E-state index in [-0.39, 0.29) is 24.3 Å². The first kappa shape index (κ1) is 20.4. The lowest BCUT2D eigenvalue weighted by Crippen LogP contribution is -2.50. The quantitative estimate of drug-likeness (QED) is 0.753. The van der Waals surface area contributed by atoms with E-state index in [1.165, 1.54) is 0 Å². The summed E-state index contributed by atoms with van der Waals surface area (Å²) in [4.78, 5) is 27.6. The first-order valence-corrected chi connectivity index (χ1v) is 10.3. The molecule has 28 heavy (non-hydrogen) atoms. The van der Waals surface area contributed by atoms with Crippen molar-refractivity contribution < 1.29 is 9.59 Å². The predicted octanol–water partition coefficient (Wildman–Crippen LogP) is 4.36. The summed E-state index contributed by atoms with van der Waals surface area (Å²) in [5.74, 6) is -0.164. The Labute approximate surface area is 171 Å². The van der Waals surface area contributed by atoms with Gasteiger partial charge in [-0.05, 0) is 43.0 Å². The number of carbonyl (C=O) groups excluding carboxylic acids is 2. The van der Waals surface area contributed by atoms with Crippen molar-refractivity contribution in [3.8, 4) is 0 Å². The zero-order valence-electron chi connectivity index (χ0n) is 16.2. The summed E-state index contributed by atoms with van der Waals surface area (Å²) in [6.07, 6.45) is 4.57. The Hall–Kier alpha value is -2.33. The molecule has 1 saturated carbocycles. The lowest BCUT2D eigenvalue weighted by Gasteiger charge is -2.30. The van der Waals surface area contributed by atoms with Gasteiger partial charge < -0.3 is 10.2 Å². The Balaban J connectivity index is 1.75. The third-order valence-corrected chi connectivity index (χ3v) is 5.54. The molecule has 0 aliphatic heterocycles. The summed E-state index contributed by atoms with van der Waals surface area (Å²) >= 11 is 6.06. The molecule has 2 aromatic carbocycles. The van der Waals surface area contributed by atoms with Crippen molar-refractivity contribution in [3.05, 3.63) is 70.7 Å². The van der Waals surface area contributed by atoms with Crippen LogP contribution in [0.4, 0.5) is 0 Å². The van der Waals surface area contributed by atoms with Crippen molar-refractivity contribution >= 4 is 23.4 Å². The molecular formula is C23H27ClN2O2. The Morgan fingerprint density at radius 1 is 1.07 bits per heavy atom. The van der Waals surface area contributed by atoms with Crippen LogP contribution in [0, 0.1) is 0 Å². The van der Waals surface area contributed by atoms with E-state index in [1.807, 2.05) is 49.4 Å². The number of nitrogens with one attached hydrogen (secondary N) is 1. The van der Waals surface area contributed by atoms with Crippen LogP contribution in [-0.4, -0.2) is 28.8 Å². The normalized spacial score (nSPS) is 15.2. The molecule has 0 aromatic heterocycles. The Kier molecular flexibility index (Phi) is 7.10. The highest BCUT2D eigenvalue weighted by molar-refractivity contribution is 6.30. The summed E-state index contributed by atoms with van der Waals surface area (Å²) in [6, 6.07) is 16.8. The van der Waals surface area contributed by atoms with Crippen LogP contribution in [0.5, 0.6) is 0 Å². The van der Waals surface area contributed by atoms with E-state index in [1.54, 1.807) is 17.0 Å². The summed E-state index contributed by atoms with van der Waals surface area (Å²) in [5, 5.41) is 3.72. The number of nitrogens with zero attached hydrogens (tertiary/aromatic N) is 1. The first-order chi connectivity index (χ1) is 13.5. The van der Waals surface area contributed by atoms with Gasteiger partial charge in [0.05, 0.1) is 6.42 Å². The van der Waals surface area contributed by atoms with E-state index in [0.29, 0.717) is 11.6 Å². The minimum atomic E-state index is -0.535. The van der Waals surface area contributed by atoms with Crippen LogP contribution in [0.2, 0.25) is 5.02 Å². The van der Waals surface area contributed by atoms with Crippen molar-refractivity contribution in [1.82, 2.24) is 10.2 Å². The maximum absolute atomic E-state index is 13.1. The summed E-state index contributed by atoms with van der Waals surface area (Å²) in [6.45, 7) is 2.21. The summed E-state index contributed by atoms with van der Waals surface area (Å²) in [5.41, 5.74) is 1.85. The Morgan fingerprint density at radius 3 is 2.43 bits per heavy atom. The third kappa shape index (κ3) is 5.59. The van der Waals surface area contributed by atoms with Crippen molar-refractivity contribution in [1.29, 1.82) is 0 Å². The van der Waals surface area contributed by atoms with Gasteiger partial charge in [0.1, 0.15) is 6.04 Å². The number of carbonyl (C=O) groups is 2. The van der Waals surface area contributed by atoms with Crippen LogP contribution < -0.4 is 5.32 Å². The van der Waals surface area contributed by atoms with Gasteiger partial charge in [-0.25, -0.2) is 0 Å². The molecule has 1 aliphatic carbocycles. The van der Waals surface area contributed by atoms with Crippen molar-refractivity contribution in [3.63, 3.8) is 0 Å². The molecule has 148 valence electrons. The number of halogens is 1. The van der Waals surface area contributed by atoms with Gasteiger partial charge in [0, 0.05) is 17.6 Å². The minimum absolute atomic E-state index is 0.0812. The molecule has 0 saturated heterocycles. The molecule has 2 aromatic rings. The van der Waals surface area contributed by atoms with Gasteiger partial charge in [-0.2, -0.15) is 0 Å². The fourth-order valence-corrected chi connectivity index (χ4v) is 3.89. The molecule has 1 unspecified atom stereocenters. The average Bonchev–Trinajstić information content (AvgIpc) is 3.19. The van der Waals surface area contributed by atoms with Crippen LogP contribution in [-0.2, 0) is 22.6 Å². The second-order valence-corrected chi connectivity index (χ2v) is 7.92. The van der Waals surface area contributed by atoms with Gasteiger partial charge in [0.25, 0.3) is 0 Å². The molecule has 1 fully saturated rings. The second-order valence-electron chi connectivity index (χ2n) is 7.48. The molecule has 2 amide bonds. The summed E-state index contributed by atoms with van der Waals surface area (Å²) in [7, 11) is 0. The van der Waals surface area contributed by atoms with Crippen LogP contribution in [0.25, 0.3) is 0 Å². The van der Waals surface area contributed by atoms with Crippen molar-refractivity contribution in [2.45, 2.75) is 57.7 Å². The molecule has 1 atom stereocenters. The highest BCUT2D eigenvalue weighted by Gasteiger charge is 2.28. The van der Waals surface area contributed by atoms with Gasteiger partial charge >= 0.3 is 0 Å². The van der Waals surface area contributed by atoms with E-state index >= 15 is 0 Å². The number of hydrogen-bond donors (Lipinski definition) is 1. The molecule has 0 heterocycles. The highest BCUT2D eigenvalue weighted by atomic mass is 35.5. The molecule has 0 radical (unpaired) electrons. The molecule has 1 N–H and O–H groups in total.